The van der Waals surface area contributed by atoms with Gasteiger partial charge in [0.2, 0.25) is 5.91 Å². The van der Waals surface area contributed by atoms with Crippen LogP contribution in [0.4, 0.5) is 5.69 Å². The molecule has 1 aromatic rings. The fourth-order valence-electron chi connectivity index (χ4n) is 2.02. The molecule has 20 heavy (non-hydrogen) atoms. The van der Waals surface area contributed by atoms with Crippen molar-refractivity contribution >= 4 is 17.6 Å². The van der Waals surface area contributed by atoms with Gasteiger partial charge in [-0.3, -0.25) is 4.79 Å². The van der Waals surface area contributed by atoms with Gasteiger partial charge in [-0.15, -0.1) is 0 Å². The minimum Gasteiger partial charge on any atom is -0.478 e. The van der Waals surface area contributed by atoms with Crippen LogP contribution in [-0.4, -0.2) is 22.5 Å². The van der Waals surface area contributed by atoms with Crippen LogP contribution in [0.25, 0.3) is 0 Å². The number of carboxylic acid groups (broad SMARTS) is 1. The summed E-state index contributed by atoms with van der Waals surface area (Å²) >= 11 is 0. The molecule has 0 spiro atoms. The zero-order chi connectivity index (χ0) is 15.2. The molecule has 0 saturated carbocycles. The number of carbonyl (C=O) groups is 2. The zero-order valence-corrected chi connectivity index (χ0v) is 11.5. The van der Waals surface area contributed by atoms with Crippen LogP contribution in [0.1, 0.15) is 43.5 Å². The Morgan fingerprint density at radius 2 is 2.00 bits per heavy atom. The topological polar surface area (TPSA) is 95.8 Å². The highest BCUT2D eigenvalue weighted by Gasteiger charge is 2.28. The number of rotatable bonds is 7. The Kier molecular flexibility index (Phi) is 5.37. The van der Waals surface area contributed by atoms with E-state index in [9.17, 15) is 14.5 Å². The Morgan fingerprint density at radius 3 is 2.55 bits per heavy atom. The lowest BCUT2D eigenvalue weighted by Crippen LogP contribution is -2.29. The van der Waals surface area contributed by atoms with E-state index in [1.54, 1.807) is 19.1 Å². The van der Waals surface area contributed by atoms with Crippen LogP contribution in [-0.2, 0) is 4.79 Å². The fourth-order valence-corrected chi connectivity index (χ4v) is 2.02. The van der Waals surface area contributed by atoms with Gasteiger partial charge in [0.05, 0.1) is 17.7 Å². The van der Waals surface area contributed by atoms with Crippen molar-refractivity contribution in [2.75, 3.05) is 5.32 Å². The minimum atomic E-state index is -1.12. The van der Waals surface area contributed by atoms with Gasteiger partial charge in [0, 0.05) is 0 Å². The lowest BCUT2D eigenvalue weighted by molar-refractivity contribution is -0.117. The molecular formula is C14H18N2O4. The Labute approximate surface area is 117 Å². The fraction of sp³-hybridized carbons (Fsp3) is 0.429. The first-order chi connectivity index (χ1) is 9.41. The quantitative estimate of drug-likeness (QED) is 0.749. The van der Waals surface area contributed by atoms with Crippen LogP contribution in [0, 0.1) is 4.91 Å². The smallest absolute Gasteiger partial charge is 0.337 e. The number of para-hydroxylation sites is 1. The summed E-state index contributed by atoms with van der Waals surface area (Å²) in [5.74, 6) is -1.54. The van der Waals surface area contributed by atoms with Crippen LogP contribution < -0.4 is 5.32 Å². The Bertz CT molecular complexity index is 516. The molecule has 1 atom stereocenters. The van der Waals surface area contributed by atoms with E-state index in [4.69, 9.17) is 5.11 Å². The predicted octanol–water partition coefficient (Wildman–Crippen LogP) is 3.04. The number of amides is 1. The van der Waals surface area contributed by atoms with E-state index in [0.29, 0.717) is 6.42 Å². The molecule has 6 nitrogen and oxygen atoms in total. The van der Waals surface area contributed by atoms with Crippen molar-refractivity contribution in [3.05, 3.63) is 34.7 Å². The Hall–Kier alpha value is -2.24. The number of anilines is 1. The molecule has 0 aliphatic carbocycles. The Morgan fingerprint density at radius 1 is 1.35 bits per heavy atom. The van der Waals surface area contributed by atoms with Gasteiger partial charge in [0.1, 0.15) is 5.54 Å². The molecule has 1 rings (SSSR count). The lowest BCUT2D eigenvalue weighted by atomic mass is 9.93. The van der Waals surface area contributed by atoms with Gasteiger partial charge in [0.15, 0.2) is 0 Å². The summed E-state index contributed by atoms with van der Waals surface area (Å²) < 4.78 is 0. The molecule has 6 heteroatoms. The van der Waals surface area contributed by atoms with Crippen molar-refractivity contribution in [1.82, 2.24) is 0 Å². The van der Waals surface area contributed by atoms with Crippen molar-refractivity contribution in [1.29, 1.82) is 0 Å². The van der Waals surface area contributed by atoms with Crippen LogP contribution in [0.3, 0.4) is 0 Å². The largest absolute Gasteiger partial charge is 0.478 e. The van der Waals surface area contributed by atoms with Gasteiger partial charge < -0.3 is 10.4 Å². The van der Waals surface area contributed by atoms with E-state index in [0.717, 1.165) is 6.42 Å². The van der Waals surface area contributed by atoms with Crippen LogP contribution in [0.15, 0.2) is 29.4 Å². The standard InChI is InChI=1S/C14H18N2O4/c1-3-8-14(2,16-20)9-12(17)15-11-7-5-4-6-10(11)13(18)19/h4-7H,3,8-9H2,1-2H3,(H,15,17)(H,18,19). The van der Waals surface area contributed by atoms with E-state index in [1.807, 2.05) is 6.92 Å². The third kappa shape index (κ3) is 4.15. The minimum absolute atomic E-state index is 0.0112. The summed E-state index contributed by atoms with van der Waals surface area (Å²) in [5, 5.41) is 14.6. The number of carboxylic acids is 1. The third-order valence-electron chi connectivity index (χ3n) is 2.98. The molecule has 0 aromatic heterocycles. The molecule has 0 aliphatic rings. The normalized spacial score (nSPS) is 13.3. The second-order valence-corrected chi connectivity index (χ2v) is 4.91. The number of nitroso groups, excluding NO2 is 1. The highest BCUT2D eigenvalue weighted by molar-refractivity contribution is 6.00. The van der Waals surface area contributed by atoms with E-state index in [1.165, 1.54) is 12.1 Å². The van der Waals surface area contributed by atoms with E-state index < -0.39 is 17.4 Å². The lowest BCUT2D eigenvalue weighted by Gasteiger charge is -2.20. The second-order valence-electron chi connectivity index (χ2n) is 4.91. The monoisotopic (exact) mass is 278 g/mol. The molecule has 0 bridgehead atoms. The summed E-state index contributed by atoms with van der Waals surface area (Å²) in [6, 6.07) is 6.12. The molecule has 1 unspecified atom stereocenters. The summed E-state index contributed by atoms with van der Waals surface area (Å²) in [7, 11) is 0. The highest BCUT2D eigenvalue weighted by atomic mass is 16.4. The van der Waals surface area contributed by atoms with Gasteiger partial charge in [-0.2, -0.15) is 4.91 Å². The number of hydrogen-bond acceptors (Lipinski definition) is 4. The van der Waals surface area contributed by atoms with E-state index in [2.05, 4.69) is 10.5 Å². The van der Waals surface area contributed by atoms with Gasteiger partial charge >= 0.3 is 5.97 Å². The molecule has 0 radical (unpaired) electrons. The second kappa shape index (κ2) is 6.79. The average Bonchev–Trinajstić information content (AvgIpc) is 2.39. The Balaban J connectivity index is 2.81. The first kappa shape index (κ1) is 15.8. The maximum Gasteiger partial charge on any atom is 0.337 e. The zero-order valence-electron chi connectivity index (χ0n) is 11.5. The van der Waals surface area contributed by atoms with Crippen LogP contribution in [0.2, 0.25) is 0 Å². The SMILES string of the molecule is CCCC(C)(CC(=O)Nc1ccccc1C(=O)O)N=O. The van der Waals surface area contributed by atoms with E-state index in [-0.39, 0.29) is 17.7 Å². The van der Waals surface area contributed by atoms with Gasteiger partial charge in [0.25, 0.3) is 0 Å². The molecule has 0 heterocycles. The van der Waals surface area contributed by atoms with Crippen LogP contribution in [0.5, 0.6) is 0 Å². The van der Waals surface area contributed by atoms with Gasteiger partial charge in [-0.25, -0.2) is 4.79 Å². The van der Waals surface area contributed by atoms with Crippen molar-refractivity contribution in [2.24, 2.45) is 5.18 Å². The number of nitrogens with zero attached hydrogens (tertiary/aromatic N) is 1. The molecule has 1 amide bonds. The molecule has 2 N–H and O–H groups in total. The molecular weight excluding hydrogens is 260 g/mol. The highest BCUT2D eigenvalue weighted by Crippen LogP contribution is 2.23. The van der Waals surface area contributed by atoms with Crippen molar-refractivity contribution < 1.29 is 14.7 Å². The van der Waals surface area contributed by atoms with Gasteiger partial charge in [-0.05, 0) is 25.5 Å². The van der Waals surface area contributed by atoms with E-state index >= 15 is 0 Å². The summed E-state index contributed by atoms with van der Waals surface area (Å²) in [6.45, 7) is 3.52. The summed E-state index contributed by atoms with van der Waals surface area (Å²) in [4.78, 5) is 33.8. The van der Waals surface area contributed by atoms with Gasteiger partial charge in [-0.1, -0.05) is 30.7 Å². The number of hydrogen-bond donors (Lipinski definition) is 2. The molecule has 0 fully saturated rings. The predicted molar refractivity (Wildman–Crippen MR) is 75.8 cm³/mol. The summed E-state index contributed by atoms with van der Waals surface area (Å²) in [5.41, 5.74) is -0.733. The summed E-state index contributed by atoms with van der Waals surface area (Å²) in [6.07, 6.45) is 1.17. The van der Waals surface area contributed by atoms with Crippen molar-refractivity contribution in [3.8, 4) is 0 Å². The molecule has 0 saturated heterocycles. The number of nitrogens with one attached hydrogen (secondary N) is 1. The van der Waals surface area contributed by atoms with Crippen molar-refractivity contribution in [2.45, 2.75) is 38.6 Å². The van der Waals surface area contributed by atoms with Crippen molar-refractivity contribution in [3.63, 3.8) is 0 Å². The number of benzene rings is 1. The first-order valence-electron chi connectivity index (χ1n) is 6.38. The average molecular weight is 278 g/mol. The maximum atomic E-state index is 11.9. The molecule has 1 aromatic carbocycles. The number of carbonyl (C=O) groups excluding carboxylic acids is 1. The van der Waals surface area contributed by atoms with Crippen LogP contribution >= 0.6 is 0 Å². The first-order valence-corrected chi connectivity index (χ1v) is 6.38. The molecule has 108 valence electrons. The molecule has 0 aliphatic heterocycles. The third-order valence-corrected chi connectivity index (χ3v) is 2.98. The maximum absolute atomic E-state index is 11.9. The number of aromatic carboxylic acids is 1.